The first-order valence-corrected chi connectivity index (χ1v) is 8.89. The molecular formula is C20H25ClN2O2. The zero-order chi connectivity index (χ0) is 18.2. The number of halogens is 1. The first-order valence-electron chi connectivity index (χ1n) is 8.51. The highest BCUT2D eigenvalue weighted by molar-refractivity contribution is 6.31. The average Bonchev–Trinajstić information content (AvgIpc) is 2.65. The Hall–Kier alpha value is -2.04. The summed E-state index contributed by atoms with van der Waals surface area (Å²) in [7, 11) is 1.59. The largest absolute Gasteiger partial charge is 0.497 e. The highest BCUT2D eigenvalue weighted by Crippen LogP contribution is 2.27. The lowest BCUT2D eigenvalue weighted by atomic mass is 10.0. The number of carbonyl (C=O) groups is 1. The van der Waals surface area contributed by atoms with Crippen LogP contribution >= 0.6 is 11.6 Å². The maximum absolute atomic E-state index is 12.5. The van der Waals surface area contributed by atoms with Gasteiger partial charge in [-0.15, -0.1) is 0 Å². The van der Waals surface area contributed by atoms with E-state index < -0.39 is 0 Å². The third-order valence-corrected chi connectivity index (χ3v) is 4.65. The molecule has 0 aromatic heterocycles. The van der Waals surface area contributed by atoms with Crippen molar-refractivity contribution in [3.63, 3.8) is 0 Å². The van der Waals surface area contributed by atoms with Crippen LogP contribution < -0.4 is 10.1 Å². The predicted octanol–water partition coefficient (Wildman–Crippen LogP) is 4.16. The molecule has 0 aliphatic rings. The van der Waals surface area contributed by atoms with E-state index in [-0.39, 0.29) is 11.9 Å². The smallest absolute Gasteiger partial charge is 0.251 e. The molecular weight excluding hydrogens is 336 g/mol. The van der Waals surface area contributed by atoms with Crippen LogP contribution in [0, 0.1) is 0 Å². The summed E-state index contributed by atoms with van der Waals surface area (Å²) in [6.07, 6.45) is 0. The van der Waals surface area contributed by atoms with Crippen molar-refractivity contribution in [1.82, 2.24) is 10.2 Å². The Morgan fingerprint density at radius 2 is 1.88 bits per heavy atom. The third-order valence-electron chi connectivity index (χ3n) is 4.31. The van der Waals surface area contributed by atoms with Crippen molar-refractivity contribution < 1.29 is 9.53 Å². The molecule has 0 saturated carbocycles. The quantitative estimate of drug-likeness (QED) is 0.768. The van der Waals surface area contributed by atoms with E-state index in [4.69, 9.17) is 16.3 Å². The Morgan fingerprint density at radius 1 is 1.16 bits per heavy atom. The third kappa shape index (κ3) is 4.97. The first kappa shape index (κ1) is 19.3. The maximum atomic E-state index is 12.5. The number of nitrogens with zero attached hydrogens (tertiary/aromatic N) is 1. The second kappa shape index (κ2) is 9.44. The molecule has 1 N–H and O–H groups in total. The van der Waals surface area contributed by atoms with Gasteiger partial charge in [0, 0.05) is 17.1 Å². The van der Waals surface area contributed by atoms with E-state index in [2.05, 4.69) is 24.1 Å². The molecule has 0 saturated heterocycles. The van der Waals surface area contributed by atoms with Gasteiger partial charge in [0.15, 0.2) is 0 Å². The topological polar surface area (TPSA) is 41.6 Å². The fourth-order valence-corrected chi connectivity index (χ4v) is 3.16. The molecule has 0 bridgehead atoms. The van der Waals surface area contributed by atoms with Crippen LogP contribution in [0.3, 0.4) is 0 Å². The van der Waals surface area contributed by atoms with Crippen molar-refractivity contribution in [2.75, 3.05) is 26.7 Å². The van der Waals surface area contributed by atoms with Crippen LogP contribution in [0.5, 0.6) is 5.75 Å². The number of carbonyl (C=O) groups excluding carboxylic acids is 1. The van der Waals surface area contributed by atoms with Crippen molar-refractivity contribution in [3.05, 3.63) is 64.7 Å². The zero-order valence-electron chi connectivity index (χ0n) is 15.0. The van der Waals surface area contributed by atoms with Gasteiger partial charge in [-0.1, -0.05) is 49.7 Å². The lowest BCUT2D eigenvalue weighted by Gasteiger charge is -2.31. The van der Waals surface area contributed by atoms with E-state index >= 15 is 0 Å². The molecule has 134 valence electrons. The van der Waals surface area contributed by atoms with Crippen molar-refractivity contribution >= 4 is 17.5 Å². The van der Waals surface area contributed by atoms with Gasteiger partial charge in [-0.3, -0.25) is 9.69 Å². The Bertz CT molecular complexity index is 702. The van der Waals surface area contributed by atoms with Crippen molar-refractivity contribution in [2.45, 2.75) is 19.9 Å². The number of hydrogen-bond acceptors (Lipinski definition) is 3. The van der Waals surface area contributed by atoms with E-state index in [0.29, 0.717) is 17.9 Å². The number of rotatable bonds is 8. The van der Waals surface area contributed by atoms with Crippen LogP contribution in [-0.2, 0) is 0 Å². The molecule has 2 aromatic carbocycles. The van der Waals surface area contributed by atoms with E-state index in [0.717, 1.165) is 23.7 Å². The summed E-state index contributed by atoms with van der Waals surface area (Å²) in [5, 5.41) is 3.75. The Kier molecular flexibility index (Phi) is 7.29. The van der Waals surface area contributed by atoms with E-state index in [1.165, 1.54) is 0 Å². The second-order valence-electron chi connectivity index (χ2n) is 5.70. The number of amides is 1. The minimum Gasteiger partial charge on any atom is -0.497 e. The molecule has 25 heavy (non-hydrogen) atoms. The molecule has 0 fully saturated rings. The highest BCUT2D eigenvalue weighted by Gasteiger charge is 2.21. The van der Waals surface area contributed by atoms with Crippen molar-refractivity contribution in [2.24, 2.45) is 0 Å². The summed E-state index contributed by atoms with van der Waals surface area (Å²) in [5.41, 5.74) is 1.61. The van der Waals surface area contributed by atoms with Gasteiger partial charge in [-0.05, 0) is 42.9 Å². The molecule has 1 atom stereocenters. The highest BCUT2D eigenvalue weighted by atomic mass is 35.5. The normalized spacial score (nSPS) is 12.0. The number of methoxy groups -OCH3 is 1. The fourth-order valence-electron chi connectivity index (χ4n) is 2.90. The van der Waals surface area contributed by atoms with Gasteiger partial charge in [0.1, 0.15) is 5.75 Å². The van der Waals surface area contributed by atoms with Gasteiger partial charge in [-0.2, -0.15) is 0 Å². The van der Waals surface area contributed by atoms with Gasteiger partial charge in [0.05, 0.1) is 13.2 Å². The number of nitrogens with one attached hydrogen (secondary N) is 1. The Balaban J connectivity index is 2.17. The number of likely N-dealkylation sites (N-methyl/N-ethyl adjacent to an activating group) is 1. The maximum Gasteiger partial charge on any atom is 0.251 e. The minimum atomic E-state index is -0.122. The number of ether oxygens (including phenoxy) is 1. The van der Waals surface area contributed by atoms with E-state index in [1.54, 1.807) is 19.2 Å². The van der Waals surface area contributed by atoms with E-state index in [1.807, 2.05) is 36.4 Å². The van der Waals surface area contributed by atoms with Crippen molar-refractivity contribution in [1.29, 1.82) is 0 Å². The van der Waals surface area contributed by atoms with Crippen LogP contribution in [-0.4, -0.2) is 37.6 Å². The summed E-state index contributed by atoms with van der Waals surface area (Å²) in [4.78, 5) is 14.8. The van der Waals surface area contributed by atoms with Gasteiger partial charge in [-0.25, -0.2) is 0 Å². The van der Waals surface area contributed by atoms with Gasteiger partial charge < -0.3 is 10.1 Å². The summed E-state index contributed by atoms with van der Waals surface area (Å²) >= 11 is 6.39. The van der Waals surface area contributed by atoms with Gasteiger partial charge in [0.25, 0.3) is 5.91 Å². The molecule has 1 amide bonds. The average molecular weight is 361 g/mol. The van der Waals surface area contributed by atoms with E-state index in [9.17, 15) is 4.79 Å². The lowest BCUT2D eigenvalue weighted by molar-refractivity contribution is 0.0934. The molecule has 0 radical (unpaired) electrons. The minimum absolute atomic E-state index is 0.0262. The summed E-state index contributed by atoms with van der Waals surface area (Å²) < 4.78 is 5.18. The van der Waals surface area contributed by atoms with Crippen LogP contribution in [0.25, 0.3) is 0 Å². The summed E-state index contributed by atoms with van der Waals surface area (Å²) in [6, 6.07) is 15.0. The van der Waals surface area contributed by atoms with Crippen LogP contribution in [0.1, 0.15) is 35.8 Å². The van der Waals surface area contributed by atoms with Crippen LogP contribution in [0.2, 0.25) is 5.02 Å². The van der Waals surface area contributed by atoms with Crippen LogP contribution in [0.15, 0.2) is 48.5 Å². The molecule has 0 spiro atoms. The fraction of sp³-hybridized carbons (Fsp3) is 0.350. The SMILES string of the molecule is CCN(CC)C(CNC(=O)c1cccc(OC)c1)c1ccccc1Cl. The molecule has 4 nitrogen and oxygen atoms in total. The molecule has 2 aromatic rings. The first-order chi connectivity index (χ1) is 12.1. The molecule has 0 aliphatic heterocycles. The molecule has 2 rings (SSSR count). The Labute approximate surface area is 154 Å². The number of hydrogen-bond donors (Lipinski definition) is 1. The summed E-state index contributed by atoms with van der Waals surface area (Å²) in [6.45, 7) is 6.46. The van der Waals surface area contributed by atoms with Gasteiger partial charge >= 0.3 is 0 Å². The van der Waals surface area contributed by atoms with Crippen molar-refractivity contribution in [3.8, 4) is 5.75 Å². The van der Waals surface area contributed by atoms with Crippen LogP contribution in [0.4, 0.5) is 0 Å². The summed E-state index contributed by atoms with van der Waals surface area (Å²) in [5.74, 6) is 0.544. The molecule has 0 heterocycles. The number of benzene rings is 2. The monoisotopic (exact) mass is 360 g/mol. The predicted molar refractivity (Wildman–Crippen MR) is 102 cm³/mol. The second-order valence-corrected chi connectivity index (χ2v) is 6.11. The zero-order valence-corrected chi connectivity index (χ0v) is 15.7. The molecule has 5 heteroatoms. The molecule has 1 unspecified atom stereocenters. The standard InChI is InChI=1S/C20H25ClN2O2/c1-4-23(5-2)19(17-11-6-7-12-18(17)21)14-22-20(24)15-9-8-10-16(13-15)25-3/h6-13,19H,4-5,14H2,1-3H3,(H,22,24). The van der Waals surface area contributed by atoms with Gasteiger partial charge in [0.2, 0.25) is 0 Å². The molecule has 0 aliphatic carbocycles. The Morgan fingerprint density at radius 3 is 2.52 bits per heavy atom. The lowest BCUT2D eigenvalue weighted by Crippen LogP contribution is -2.38.